The molecule has 0 amide bonds. The molecule has 0 spiro atoms. The van der Waals surface area contributed by atoms with E-state index in [1.165, 1.54) is 18.5 Å². The van der Waals surface area contributed by atoms with Crippen LogP contribution in [0.2, 0.25) is 0 Å². The highest BCUT2D eigenvalue weighted by molar-refractivity contribution is 5.80. The summed E-state index contributed by atoms with van der Waals surface area (Å²) < 4.78 is 6.17. The van der Waals surface area contributed by atoms with E-state index < -0.39 is 0 Å². The lowest BCUT2D eigenvalue weighted by Crippen LogP contribution is -2.17. The third-order valence-electron chi connectivity index (χ3n) is 4.46. The molecule has 3 aliphatic rings. The van der Waals surface area contributed by atoms with Crippen LogP contribution in [0.25, 0.3) is 22.6 Å². The van der Waals surface area contributed by atoms with E-state index in [1.807, 2.05) is 13.0 Å². The van der Waals surface area contributed by atoms with Gasteiger partial charge in [-0.1, -0.05) is 0 Å². The van der Waals surface area contributed by atoms with Crippen molar-refractivity contribution < 1.29 is 4.42 Å². The van der Waals surface area contributed by atoms with E-state index in [2.05, 4.69) is 41.1 Å². The van der Waals surface area contributed by atoms with E-state index in [1.54, 1.807) is 0 Å². The van der Waals surface area contributed by atoms with Gasteiger partial charge in [0.15, 0.2) is 11.3 Å². The average molecular weight is 307 g/mol. The Bertz CT molecular complexity index is 891. The van der Waals surface area contributed by atoms with E-state index in [0.29, 0.717) is 0 Å². The van der Waals surface area contributed by atoms with Gasteiger partial charge in [-0.2, -0.15) is 0 Å². The Balaban J connectivity index is 1.90. The highest BCUT2D eigenvalue weighted by atomic mass is 16.3. The number of fused-ring (bicyclic) bond motifs is 2. The van der Waals surface area contributed by atoms with Crippen LogP contribution in [0.5, 0.6) is 0 Å². The largest absolute Gasteiger partial charge is 0.453 e. The summed E-state index contributed by atoms with van der Waals surface area (Å²) >= 11 is 0. The fourth-order valence-corrected chi connectivity index (χ4v) is 3.31. The predicted octanol–water partition coefficient (Wildman–Crippen LogP) is 3.76. The molecule has 0 bridgehead atoms. The second-order valence-electron chi connectivity index (χ2n) is 6.14. The number of aryl methyl sites for hydroxylation is 1. The Morgan fingerprint density at radius 1 is 1.17 bits per heavy atom. The molecule has 0 unspecified atom stereocenters. The molecule has 2 heterocycles. The first-order chi connectivity index (χ1) is 11.2. The number of anilines is 1. The summed E-state index contributed by atoms with van der Waals surface area (Å²) in [6.07, 6.45) is 2.54. The van der Waals surface area contributed by atoms with Crippen LogP contribution in [0.3, 0.4) is 0 Å². The molecule has 0 radical (unpaired) electrons. The monoisotopic (exact) mass is 307 g/mol. The van der Waals surface area contributed by atoms with E-state index in [4.69, 9.17) is 9.40 Å². The van der Waals surface area contributed by atoms with Crippen molar-refractivity contribution in [3.8, 4) is 11.5 Å². The molecular weight excluding hydrogens is 286 g/mol. The maximum Gasteiger partial charge on any atom is 0.155 e. The van der Waals surface area contributed by atoms with Crippen LogP contribution in [-0.2, 0) is 0 Å². The van der Waals surface area contributed by atoms with E-state index in [-0.39, 0.29) is 0 Å². The first-order valence-corrected chi connectivity index (χ1v) is 8.35. The molecule has 4 rings (SSSR count). The second-order valence-corrected chi connectivity index (χ2v) is 6.14. The molecule has 0 aromatic heterocycles. The summed E-state index contributed by atoms with van der Waals surface area (Å²) in [7, 11) is 0. The lowest BCUT2D eigenvalue weighted by molar-refractivity contribution is 0.611. The SMILES string of the molecule is CCN=c1cc2oc3cc(N4CCCC4)ccc3nc-2c(C)c1. The molecule has 0 saturated carbocycles. The van der Waals surface area contributed by atoms with Crippen molar-refractivity contribution in [1.82, 2.24) is 4.98 Å². The van der Waals surface area contributed by atoms with Gasteiger partial charge in [0, 0.05) is 37.5 Å². The van der Waals surface area contributed by atoms with Gasteiger partial charge < -0.3 is 9.32 Å². The van der Waals surface area contributed by atoms with Gasteiger partial charge in [-0.25, -0.2) is 4.98 Å². The zero-order valence-corrected chi connectivity index (χ0v) is 13.7. The number of benzene rings is 2. The number of nitrogens with zero attached hydrogens (tertiary/aromatic N) is 3. The van der Waals surface area contributed by atoms with Gasteiger partial charge in [0.1, 0.15) is 11.2 Å². The fraction of sp³-hybridized carbons (Fsp3) is 0.368. The average Bonchev–Trinajstić information content (AvgIpc) is 3.07. The Hall–Kier alpha value is -2.36. The van der Waals surface area contributed by atoms with Crippen LogP contribution >= 0.6 is 0 Å². The molecule has 0 atom stereocenters. The lowest BCUT2D eigenvalue weighted by atomic mass is 10.1. The first-order valence-electron chi connectivity index (χ1n) is 8.35. The van der Waals surface area contributed by atoms with Crippen LogP contribution in [0.15, 0.2) is 39.7 Å². The van der Waals surface area contributed by atoms with Gasteiger partial charge in [-0.05, 0) is 50.5 Å². The molecular formula is C19H21N3O. The normalized spacial score (nSPS) is 15.9. The summed E-state index contributed by atoms with van der Waals surface area (Å²) in [6, 6.07) is 10.4. The zero-order valence-electron chi connectivity index (χ0n) is 13.7. The van der Waals surface area contributed by atoms with Crippen molar-refractivity contribution in [2.24, 2.45) is 4.99 Å². The molecule has 0 N–H and O–H groups in total. The van der Waals surface area contributed by atoms with Gasteiger partial charge in [-0.15, -0.1) is 0 Å². The molecule has 1 aromatic carbocycles. The molecule has 2 aliphatic heterocycles. The van der Waals surface area contributed by atoms with Gasteiger partial charge in [-0.3, -0.25) is 4.99 Å². The van der Waals surface area contributed by atoms with Gasteiger partial charge >= 0.3 is 0 Å². The van der Waals surface area contributed by atoms with Crippen LogP contribution in [0, 0.1) is 6.92 Å². The molecule has 4 heteroatoms. The molecule has 1 aliphatic carbocycles. The van der Waals surface area contributed by atoms with Crippen LogP contribution in [-0.4, -0.2) is 24.6 Å². The van der Waals surface area contributed by atoms with Crippen molar-refractivity contribution in [2.75, 3.05) is 24.5 Å². The fourth-order valence-electron chi connectivity index (χ4n) is 3.31. The smallest absolute Gasteiger partial charge is 0.155 e. The maximum atomic E-state index is 6.17. The predicted molar refractivity (Wildman–Crippen MR) is 92.9 cm³/mol. The van der Waals surface area contributed by atoms with Crippen molar-refractivity contribution >= 4 is 16.8 Å². The summed E-state index contributed by atoms with van der Waals surface area (Å²) in [5.74, 6) is 0.809. The van der Waals surface area contributed by atoms with Crippen LogP contribution in [0.4, 0.5) is 5.69 Å². The Kier molecular flexibility index (Phi) is 3.52. The molecule has 1 saturated heterocycles. The number of aromatic nitrogens is 1. The third kappa shape index (κ3) is 2.58. The highest BCUT2D eigenvalue weighted by Gasteiger charge is 2.16. The molecule has 1 fully saturated rings. The van der Waals surface area contributed by atoms with Crippen molar-refractivity contribution in [1.29, 1.82) is 0 Å². The molecule has 1 aromatic rings. The van der Waals surface area contributed by atoms with Gasteiger partial charge in [0.05, 0.1) is 5.36 Å². The maximum absolute atomic E-state index is 6.17. The number of hydrogen-bond acceptors (Lipinski definition) is 4. The first kappa shape index (κ1) is 14.2. The van der Waals surface area contributed by atoms with Crippen molar-refractivity contribution in [2.45, 2.75) is 26.7 Å². The summed E-state index contributed by atoms with van der Waals surface area (Å²) in [6.45, 7) is 7.13. The van der Waals surface area contributed by atoms with Gasteiger partial charge in [0.2, 0.25) is 0 Å². The summed E-state index contributed by atoms with van der Waals surface area (Å²) in [5.41, 5.74) is 5.00. The topological polar surface area (TPSA) is 41.6 Å². The van der Waals surface area contributed by atoms with E-state index in [0.717, 1.165) is 53.1 Å². The zero-order chi connectivity index (χ0) is 15.8. The summed E-state index contributed by atoms with van der Waals surface area (Å²) in [5, 5.41) is 0.957. The Morgan fingerprint density at radius 2 is 2.00 bits per heavy atom. The number of rotatable bonds is 2. The van der Waals surface area contributed by atoms with E-state index >= 15 is 0 Å². The van der Waals surface area contributed by atoms with Crippen LogP contribution in [0.1, 0.15) is 25.3 Å². The van der Waals surface area contributed by atoms with Gasteiger partial charge in [0.25, 0.3) is 0 Å². The third-order valence-corrected chi connectivity index (χ3v) is 4.46. The molecule has 4 nitrogen and oxygen atoms in total. The van der Waals surface area contributed by atoms with Crippen LogP contribution < -0.4 is 10.3 Å². The number of hydrogen-bond donors (Lipinski definition) is 0. The highest BCUT2D eigenvalue weighted by Crippen LogP contribution is 2.29. The Labute approximate surface area is 135 Å². The molecule has 118 valence electrons. The van der Waals surface area contributed by atoms with E-state index in [9.17, 15) is 0 Å². The minimum absolute atomic E-state index is 0.769. The minimum Gasteiger partial charge on any atom is -0.453 e. The standard InChI is InChI=1S/C19H21N3O/c1-3-20-14-10-13(2)19-18(11-14)23-17-12-15(6-7-16(17)21-19)22-8-4-5-9-22/h6-7,10-12H,3-5,8-9H2,1-2H3. The Morgan fingerprint density at radius 3 is 2.78 bits per heavy atom. The molecule has 23 heavy (non-hydrogen) atoms. The minimum atomic E-state index is 0.769. The second kappa shape index (κ2) is 5.69. The van der Waals surface area contributed by atoms with Crippen molar-refractivity contribution in [3.05, 3.63) is 41.3 Å². The quantitative estimate of drug-likeness (QED) is 0.677. The lowest BCUT2D eigenvalue weighted by Gasteiger charge is -2.18. The van der Waals surface area contributed by atoms with Crippen molar-refractivity contribution in [3.63, 3.8) is 0 Å². The summed E-state index contributed by atoms with van der Waals surface area (Å²) in [4.78, 5) is 11.7.